The minimum Gasteiger partial charge on any atom is -0.306 e. The first-order chi connectivity index (χ1) is 5.83. The maximum Gasteiger partial charge on any atom is 0.000661 e. The van der Waals surface area contributed by atoms with Crippen LogP contribution in [-0.4, -0.2) is 25.0 Å². The third-order valence-electron chi connectivity index (χ3n) is 2.94. The van der Waals surface area contributed by atoms with Gasteiger partial charge in [-0.25, -0.2) is 0 Å². The lowest BCUT2D eigenvalue weighted by molar-refractivity contribution is 0.199. The highest BCUT2D eigenvalue weighted by atomic mass is 15.1. The van der Waals surface area contributed by atoms with Crippen molar-refractivity contribution in [1.82, 2.24) is 4.90 Å². The lowest BCUT2D eigenvalue weighted by atomic mass is 9.93. The average molecular weight is 169 g/mol. The fraction of sp³-hybridized carbons (Fsp3) is 1.00. The van der Waals surface area contributed by atoms with Crippen molar-refractivity contribution >= 4 is 0 Å². The summed E-state index contributed by atoms with van der Waals surface area (Å²) in [5, 5.41) is 0. The zero-order chi connectivity index (χ0) is 8.81. The summed E-state index contributed by atoms with van der Waals surface area (Å²) in [4.78, 5) is 2.49. The van der Waals surface area contributed by atoms with E-state index in [9.17, 15) is 0 Å². The molecule has 1 atom stereocenters. The minimum absolute atomic E-state index is 1.01. The van der Waals surface area contributed by atoms with E-state index in [-0.39, 0.29) is 0 Å². The van der Waals surface area contributed by atoms with Crippen molar-refractivity contribution < 1.29 is 0 Å². The third kappa shape index (κ3) is 3.57. The Kier molecular flexibility index (Phi) is 4.67. The van der Waals surface area contributed by atoms with Crippen LogP contribution in [0.25, 0.3) is 0 Å². The summed E-state index contributed by atoms with van der Waals surface area (Å²) < 4.78 is 0. The number of piperidine rings is 1. The van der Waals surface area contributed by atoms with Gasteiger partial charge in [-0.15, -0.1) is 0 Å². The van der Waals surface area contributed by atoms with Crippen LogP contribution in [0.3, 0.4) is 0 Å². The molecule has 1 nitrogen and oxygen atoms in total. The Labute approximate surface area is 77.1 Å². The van der Waals surface area contributed by atoms with E-state index in [1.807, 2.05) is 0 Å². The van der Waals surface area contributed by atoms with Crippen LogP contribution < -0.4 is 0 Å². The average Bonchev–Trinajstić information content (AvgIpc) is 2.05. The van der Waals surface area contributed by atoms with Crippen molar-refractivity contribution in [3.05, 3.63) is 0 Å². The van der Waals surface area contributed by atoms with E-state index in [4.69, 9.17) is 0 Å². The van der Waals surface area contributed by atoms with Crippen molar-refractivity contribution in [2.75, 3.05) is 20.1 Å². The van der Waals surface area contributed by atoms with Crippen molar-refractivity contribution in [2.24, 2.45) is 5.92 Å². The first-order valence-electron chi connectivity index (χ1n) is 5.51. The van der Waals surface area contributed by atoms with Crippen molar-refractivity contribution in [2.45, 2.75) is 45.4 Å². The van der Waals surface area contributed by atoms with Crippen LogP contribution in [0.15, 0.2) is 0 Å². The molecule has 0 saturated carbocycles. The monoisotopic (exact) mass is 169 g/mol. The highest BCUT2D eigenvalue weighted by molar-refractivity contribution is 4.70. The topological polar surface area (TPSA) is 3.24 Å². The van der Waals surface area contributed by atoms with Crippen molar-refractivity contribution in [1.29, 1.82) is 0 Å². The molecule has 0 aliphatic carbocycles. The van der Waals surface area contributed by atoms with Gasteiger partial charge in [0.1, 0.15) is 0 Å². The molecule has 1 fully saturated rings. The van der Waals surface area contributed by atoms with Gasteiger partial charge in [0, 0.05) is 6.54 Å². The number of nitrogens with zero attached hydrogens (tertiary/aromatic N) is 1. The lowest BCUT2D eigenvalue weighted by Gasteiger charge is -2.29. The molecule has 0 unspecified atom stereocenters. The fourth-order valence-electron chi connectivity index (χ4n) is 2.19. The van der Waals surface area contributed by atoms with Crippen molar-refractivity contribution in [3.63, 3.8) is 0 Å². The van der Waals surface area contributed by atoms with E-state index in [0.717, 1.165) is 5.92 Å². The molecule has 1 aliphatic rings. The summed E-state index contributed by atoms with van der Waals surface area (Å²) in [7, 11) is 2.26. The SMILES string of the molecule is CCCCC[C@@H]1CCCN(C)C1. The summed E-state index contributed by atoms with van der Waals surface area (Å²) in [6.45, 7) is 4.96. The number of likely N-dealkylation sites (tertiary alicyclic amines) is 1. The van der Waals surface area contributed by atoms with Crippen LogP contribution in [0.5, 0.6) is 0 Å². The van der Waals surface area contributed by atoms with E-state index in [2.05, 4.69) is 18.9 Å². The predicted molar refractivity (Wildman–Crippen MR) is 54.4 cm³/mol. The maximum atomic E-state index is 2.49. The Balaban J connectivity index is 2.06. The smallest absolute Gasteiger partial charge is 0.000661 e. The molecule has 0 N–H and O–H groups in total. The Morgan fingerprint density at radius 1 is 1.33 bits per heavy atom. The summed E-state index contributed by atoms with van der Waals surface area (Å²) in [6.07, 6.45) is 8.62. The highest BCUT2D eigenvalue weighted by Gasteiger charge is 2.15. The van der Waals surface area contributed by atoms with Gasteiger partial charge in [-0.05, 0) is 38.8 Å². The maximum absolute atomic E-state index is 2.49. The van der Waals surface area contributed by atoms with E-state index in [1.165, 1.54) is 51.6 Å². The molecule has 12 heavy (non-hydrogen) atoms. The first kappa shape index (κ1) is 10.0. The van der Waals surface area contributed by atoms with Gasteiger partial charge in [0.05, 0.1) is 0 Å². The largest absolute Gasteiger partial charge is 0.306 e. The molecule has 1 heteroatoms. The van der Waals surface area contributed by atoms with Crippen LogP contribution in [0, 0.1) is 5.92 Å². The van der Waals surface area contributed by atoms with Crippen LogP contribution in [0.1, 0.15) is 45.4 Å². The molecule has 1 heterocycles. The zero-order valence-electron chi connectivity index (χ0n) is 8.68. The second kappa shape index (κ2) is 5.58. The third-order valence-corrected chi connectivity index (χ3v) is 2.94. The normalized spacial score (nSPS) is 26.0. The Bertz CT molecular complexity index is 112. The molecular weight excluding hydrogens is 146 g/mol. The Morgan fingerprint density at radius 2 is 2.17 bits per heavy atom. The minimum atomic E-state index is 1.01. The van der Waals surface area contributed by atoms with Crippen LogP contribution >= 0.6 is 0 Å². The highest BCUT2D eigenvalue weighted by Crippen LogP contribution is 2.20. The molecule has 0 bridgehead atoms. The standard InChI is InChI=1S/C11H23N/c1-3-4-5-7-11-8-6-9-12(2)10-11/h11H,3-10H2,1-2H3/t11-/m1/s1. The Hall–Kier alpha value is -0.0400. The summed E-state index contributed by atoms with van der Waals surface area (Å²) in [5.41, 5.74) is 0. The molecule has 0 amide bonds. The Morgan fingerprint density at radius 3 is 2.83 bits per heavy atom. The van der Waals surface area contributed by atoms with Gasteiger partial charge in [-0.2, -0.15) is 0 Å². The number of hydrogen-bond acceptors (Lipinski definition) is 1. The van der Waals surface area contributed by atoms with Crippen LogP contribution in [0.4, 0.5) is 0 Å². The summed E-state index contributed by atoms with van der Waals surface area (Å²) in [6, 6.07) is 0. The molecule has 0 aromatic rings. The second-order valence-corrected chi connectivity index (χ2v) is 4.27. The summed E-state index contributed by atoms with van der Waals surface area (Å²) >= 11 is 0. The van der Waals surface area contributed by atoms with E-state index >= 15 is 0 Å². The van der Waals surface area contributed by atoms with E-state index in [1.54, 1.807) is 0 Å². The first-order valence-corrected chi connectivity index (χ1v) is 5.51. The molecule has 1 saturated heterocycles. The van der Waals surface area contributed by atoms with Gasteiger partial charge in [-0.1, -0.05) is 26.2 Å². The molecule has 0 spiro atoms. The summed E-state index contributed by atoms with van der Waals surface area (Å²) in [5.74, 6) is 1.01. The van der Waals surface area contributed by atoms with Gasteiger partial charge in [-0.3, -0.25) is 0 Å². The van der Waals surface area contributed by atoms with Gasteiger partial charge >= 0.3 is 0 Å². The molecule has 1 aliphatic heterocycles. The molecule has 1 rings (SSSR count). The van der Waals surface area contributed by atoms with Gasteiger partial charge in [0.25, 0.3) is 0 Å². The lowest BCUT2D eigenvalue weighted by Crippen LogP contribution is -2.31. The van der Waals surface area contributed by atoms with Crippen molar-refractivity contribution in [3.8, 4) is 0 Å². The van der Waals surface area contributed by atoms with E-state index in [0.29, 0.717) is 0 Å². The number of unbranched alkanes of at least 4 members (excludes halogenated alkanes) is 2. The molecule has 72 valence electrons. The van der Waals surface area contributed by atoms with Crippen LogP contribution in [-0.2, 0) is 0 Å². The quantitative estimate of drug-likeness (QED) is 0.585. The zero-order valence-corrected chi connectivity index (χ0v) is 8.68. The van der Waals surface area contributed by atoms with Gasteiger partial charge in [0.2, 0.25) is 0 Å². The van der Waals surface area contributed by atoms with E-state index < -0.39 is 0 Å². The molecule has 0 radical (unpaired) electrons. The second-order valence-electron chi connectivity index (χ2n) is 4.27. The number of rotatable bonds is 4. The fourth-order valence-corrected chi connectivity index (χ4v) is 2.19. The van der Waals surface area contributed by atoms with Gasteiger partial charge < -0.3 is 4.90 Å². The molecular formula is C11H23N. The van der Waals surface area contributed by atoms with Gasteiger partial charge in [0.15, 0.2) is 0 Å². The predicted octanol–water partition coefficient (Wildman–Crippen LogP) is 2.91. The number of hydrogen-bond donors (Lipinski definition) is 0. The molecule has 0 aromatic carbocycles. The van der Waals surface area contributed by atoms with Crippen LogP contribution in [0.2, 0.25) is 0 Å². The molecule has 0 aromatic heterocycles.